The van der Waals surface area contributed by atoms with Crippen molar-refractivity contribution in [1.82, 2.24) is 15.1 Å². The van der Waals surface area contributed by atoms with Crippen LogP contribution in [0.3, 0.4) is 0 Å². The molecule has 0 atom stereocenters. The van der Waals surface area contributed by atoms with Crippen molar-refractivity contribution in [2.24, 2.45) is 0 Å². The predicted octanol–water partition coefficient (Wildman–Crippen LogP) is 2.94. The van der Waals surface area contributed by atoms with Crippen LogP contribution in [0.15, 0.2) is 36.5 Å². The van der Waals surface area contributed by atoms with Crippen LogP contribution in [0.5, 0.6) is 0 Å². The van der Waals surface area contributed by atoms with E-state index in [1.165, 1.54) is 12.8 Å². The van der Waals surface area contributed by atoms with Gasteiger partial charge in [0.15, 0.2) is 0 Å². The molecule has 3 N–H and O–H groups in total. The number of amides is 2. The summed E-state index contributed by atoms with van der Waals surface area (Å²) in [7, 11) is 0. The molecule has 1 aromatic carbocycles. The Bertz CT molecular complexity index is 821. The Hall–Kier alpha value is -2.83. The van der Waals surface area contributed by atoms with Crippen LogP contribution < -0.4 is 16.0 Å². The third kappa shape index (κ3) is 4.30. The Morgan fingerprint density at radius 3 is 2.63 bits per heavy atom. The van der Waals surface area contributed by atoms with E-state index >= 15 is 0 Å². The highest BCUT2D eigenvalue weighted by Gasteiger charge is 2.25. The van der Waals surface area contributed by atoms with Gasteiger partial charge in [0, 0.05) is 17.8 Å². The third-order valence-electron chi connectivity index (χ3n) is 5.13. The zero-order valence-corrected chi connectivity index (χ0v) is 15.3. The summed E-state index contributed by atoms with van der Waals surface area (Å²) in [5, 5.41) is 13.4. The molecule has 27 heavy (non-hydrogen) atoms. The van der Waals surface area contributed by atoms with Crippen LogP contribution in [0.4, 0.5) is 11.5 Å². The van der Waals surface area contributed by atoms with Crippen molar-refractivity contribution in [2.45, 2.75) is 50.6 Å². The van der Waals surface area contributed by atoms with Gasteiger partial charge in [0.2, 0.25) is 5.91 Å². The van der Waals surface area contributed by atoms with Crippen LogP contribution in [-0.2, 0) is 4.79 Å². The number of benzene rings is 1. The van der Waals surface area contributed by atoms with Gasteiger partial charge >= 0.3 is 0 Å². The van der Waals surface area contributed by atoms with Crippen LogP contribution in [-0.4, -0.2) is 34.2 Å². The van der Waals surface area contributed by atoms with Crippen molar-refractivity contribution in [3.63, 3.8) is 0 Å². The first-order chi connectivity index (χ1) is 13.2. The number of aromatic nitrogens is 2. The van der Waals surface area contributed by atoms with E-state index in [-0.39, 0.29) is 18.4 Å². The molecule has 2 aromatic rings. The molecule has 0 bridgehead atoms. The molecule has 7 heteroatoms. The van der Waals surface area contributed by atoms with E-state index in [2.05, 4.69) is 21.0 Å². The minimum absolute atomic E-state index is 0.0869. The molecule has 7 nitrogen and oxygen atoms in total. The number of rotatable bonds is 7. The number of nitrogens with one attached hydrogen (secondary N) is 3. The smallest absolute Gasteiger partial charge is 0.253 e. The van der Waals surface area contributed by atoms with Crippen molar-refractivity contribution in [3.8, 4) is 0 Å². The molecule has 0 spiro atoms. The van der Waals surface area contributed by atoms with Crippen molar-refractivity contribution in [2.75, 3.05) is 17.2 Å². The lowest BCUT2D eigenvalue weighted by atomic mass is 10.1. The molecule has 2 saturated carbocycles. The van der Waals surface area contributed by atoms with E-state index < -0.39 is 0 Å². The second-order valence-corrected chi connectivity index (χ2v) is 7.29. The first kappa shape index (κ1) is 17.6. The highest BCUT2D eigenvalue weighted by Crippen LogP contribution is 2.31. The van der Waals surface area contributed by atoms with E-state index in [0.717, 1.165) is 31.5 Å². The summed E-state index contributed by atoms with van der Waals surface area (Å²) in [6, 6.07) is 9.76. The molecule has 0 aliphatic heterocycles. The Labute approximate surface area is 158 Å². The van der Waals surface area contributed by atoms with Crippen LogP contribution >= 0.6 is 0 Å². The second-order valence-electron chi connectivity index (χ2n) is 7.29. The Kier molecular flexibility index (Phi) is 5.09. The number of para-hydroxylation sites is 1. The van der Waals surface area contributed by atoms with Gasteiger partial charge in [-0.25, -0.2) is 4.68 Å². The monoisotopic (exact) mass is 367 g/mol. The molecule has 0 unspecified atom stereocenters. The topological polar surface area (TPSA) is 88.1 Å². The van der Waals surface area contributed by atoms with E-state index in [1.54, 1.807) is 12.3 Å². The second kappa shape index (κ2) is 7.82. The van der Waals surface area contributed by atoms with Gasteiger partial charge in [0.05, 0.1) is 24.3 Å². The maximum atomic E-state index is 12.4. The highest BCUT2D eigenvalue weighted by atomic mass is 16.2. The summed E-state index contributed by atoms with van der Waals surface area (Å²) in [5.74, 6) is 0.473. The predicted molar refractivity (Wildman–Crippen MR) is 104 cm³/mol. The molecular weight excluding hydrogens is 342 g/mol. The molecule has 2 fully saturated rings. The fourth-order valence-corrected chi connectivity index (χ4v) is 3.54. The van der Waals surface area contributed by atoms with Gasteiger partial charge in [-0.05, 0) is 37.8 Å². The fourth-order valence-electron chi connectivity index (χ4n) is 3.54. The third-order valence-corrected chi connectivity index (χ3v) is 5.13. The number of anilines is 2. The SMILES string of the molecule is O=C(CNc1ccccc1C(=O)NC1CC1)Nc1ccnn1C1CCCC1. The number of nitrogens with zero attached hydrogens (tertiary/aromatic N) is 2. The summed E-state index contributed by atoms with van der Waals surface area (Å²) in [6.07, 6.45) is 8.42. The van der Waals surface area contributed by atoms with E-state index in [4.69, 9.17) is 0 Å². The number of hydrogen-bond acceptors (Lipinski definition) is 4. The van der Waals surface area contributed by atoms with Gasteiger partial charge in [0.25, 0.3) is 5.91 Å². The van der Waals surface area contributed by atoms with E-state index in [1.807, 2.05) is 28.9 Å². The summed E-state index contributed by atoms with van der Waals surface area (Å²) in [6.45, 7) is 0.0869. The van der Waals surface area contributed by atoms with Crippen molar-refractivity contribution >= 4 is 23.3 Å². The molecule has 1 heterocycles. The van der Waals surface area contributed by atoms with Crippen molar-refractivity contribution < 1.29 is 9.59 Å². The normalized spacial score (nSPS) is 16.9. The van der Waals surface area contributed by atoms with Gasteiger partial charge in [-0.3, -0.25) is 9.59 Å². The Balaban J connectivity index is 1.36. The number of carbonyl (C=O) groups excluding carboxylic acids is 2. The molecular formula is C20H25N5O2. The molecule has 1 aromatic heterocycles. The number of carbonyl (C=O) groups is 2. The van der Waals surface area contributed by atoms with E-state index in [9.17, 15) is 9.59 Å². The average Bonchev–Trinajstić information content (AvgIpc) is 3.13. The highest BCUT2D eigenvalue weighted by molar-refractivity contribution is 6.01. The summed E-state index contributed by atoms with van der Waals surface area (Å²) in [4.78, 5) is 24.7. The standard InChI is InChI=1S/C20H25N5O2/c26-19(24-18-11-12-22-25(18)15-5-1-2-6-15)13-21-17-8-4-3-7-16(17)20(27)23-14-9-10-14/h3-4,7-8,11-12,14-15,21H,1-2,5-6,9-10,13H2,(H,23,27)(H,24,26). The molecule has 2 amide bonds. The molecule has 4 rings (SSSR count). The minimum Gasteiger partial charge on any atom is -0.375 e. The molecule has 2 aliphatic carbocycles. The largest absolute Gasteiger partial charge is 0.375 e. The van der Waals surface area contributed by atoms with Gasteiger partial charge in [-0.15, -0.1) is 0 Å². The average molecular weight is 367 g/mol. The van der Waals surface area contributed by atoms with E-state index in [0.29, 0.717) is 23.3 Å². The first-order valence-corrected chi connectivity index (χ1v) is 9.68. The van der Waals surface area contributed by atoms with Crippen molar-refractivity contribution in [3.05, 3.63) is 42.1 Å². The zero-order valence-electron chi connectivity index (χ0n) is 15.3. The first-order valence-electron chi connectivity index (χ1n) is 9.68. The summed E-state index contributed by atoms with van der Waals surface area (Å²) < 4.78 is 1.92. The summed E-state index contributed by atoms with van der Waals surface area (Å²) >= 11 is 0. The maximum Gasteiger partial charge on any atom is 0.253 e. The fraction of sp³-hybridized carbons (Fsp3) is 0.450. The maximum absolute atomic E-state index is 12.4. The quantitative estimate of drug-likeness (QED) is 0.702. The number of hydrogen-bond donors (Lipinski definition) is 3. The Morgan fingerprint density at radius 2 is 1.85 bits per heavy atom. The molecule has 2 aliphatic rings. The van der Waals surface area contributed by atoms with Crippen LogP contribution in [0, 0.1) is 0 Å². The Morgan fingerprint density at radius 1 is 1.07 bits per heavy atom. The van der Waals surface area contributed by atoms with Gasteiger partial charge in [-0.1, -0.05) is 25.0 Å². The van der Waals surface area contributed by atoms with Crippen LogP contribution in [0.1, 0.15) is 54.9 Å². The lowest BCUT2D eigenvalue weighted by Crippen LogP contribution is -2.28. The minimum atomic E-state index is -0.160. The lowest BCUT2D eigenvalue weighted by molar-refractivity contribution is -0.114. The molecule has 142 valence electrons. The van der Waals surface area contributed by atoms with Gasteiger partial charge < -0.3 is 16.0 Å². The molecule has 0 radical (unpaired) electrons. The van der Waals surface area contributed by atoms with Crippen LogP contribution in [0.2, 0.25) is 0 Å². The van der Waals surface area contributed by atoms with Gasteiger partial charge in [-0.2, -0.15) is 5.10 Å². The lowest BCUT2D eigenvalue weighted by Gasteiger charge is -2.15. The van der Waals surface area contributed by atoms with Gasteiger partial charge in [0.1, 0.15) is 5.82 Å². The van der Waals surface area contributed by atoms with Crippen LogP contribution in [0.25, 0.3) is 0 Å². The zero-order chi connectivity index (χ0) is 18.6. The molecule has 0 saturated heterocycles. The van der Waals surface area contributed by atoms with Crippen molar-refractivity contribution in [1.29, 1.82) is 0 Å². The summed E-state index contributed by atoms with van der Waals surface area (Å²) in [5.41, 5.74) is 1.23.